The normalized spacial score (nSPS) is 10.5. The molecular weight excluding hydrogens is 242 g/mol. The molecule has 0 bridgehead atoms. The Kier molecular flexibility index (Phi) is 6.97. The van der Waals surface area contributed by atoms with E-state index in [1.807, 2.05) is 31.2 Å². The Labute approximate surface area is 115 Å². The van der Waals surface area contributed by atoms with Crippen molar-refractivity contribution in [2.45, 2.75) is 20.3 Å². The predicted molar refractivity (Wildman–Crippen MR) is 75.4 cm³/mol. The van der Waals surface area contributed by atoms with Crippen molar-refractivity contribution in [1.82, 2.24) is 4.90 Å². The molecule has 0 heterocycles. The number of benzene rings is 1. The van der Waals surface area contributed by atoms with E-state index >= 15 is 0 Å². The first kappa shape index (κ1) is 15.5. The fourth-order valence-electron chi connectivity index (χ4n) is 1.78. The first-order chi connectivity index (χ1) is 9.15. The summed E-state index contributed by atoms with van der Waals surface area (Å²) in [6.07, 6.45) is 0.425. The summed E-state index contributed by atoms with van der Waals surface area (Å²) in [6, 6.07) is 8.00. The highest BCUT2D eigenvalue weighted by molar-refractivity contribution is 5.69. The van der Waals surface area contributed by atoms with Crippen LogP contribution in [0.5, 0.6) is 5.75 Å². The summed E-state index contributed by atoms with van der Waals surface area (Å²) in [4.78, 5) is 13.3. The molecule has 0 radical (unpaired) electrons. The molecule has 0 unspecified atom stereocenters. The summed E-state index contributed by atoms with van der Waals surface area (Å²) in [5.41, 5.74) is 1.19. The van der Waals surface area contributed by atoms with Gasteiger partial charge in [0.2, 0.25) is 0 Å². The third-order valence-corrected chi connectivity index (χ3v) is 2.97. The summed E-state index contributed by atoms with van der Waals surface area (Å²) in [5.74, 6) is 0.724. The number of ether oxygens (including phenoxy) is 2. The van der Waals surface area contributed by atoms with Crippen LogP contribution in [0.3, 0.4) is 0 Å². The average Bonchev–Trinajstić information content (AvgIpc) is 2.42. The van der Waals surface area contributed by atoms with Gasteiger partial charge in [-0.05, 0) is 31.2 Å². The van der Waals surface area contributed by atoms with E-state index in [0.717, 1.165) is 18.8 Å². The van der Waals surface area contributed by atoms with Crippen molar-refractivity contribution in [1.29, 1.82) is 0 Å². The minimum atomic E-state index is -0.168. The smallest absolute Gasteiger partial charge is 0.306 e. The molecule has 0 aromatic heterocycles. The number of aryl methyl sites for hydroxylation is 1. The second kappa shape index (κ2) is 8.53. The van der Waals surface area contributed by atoms with Gasteiger partial charge >= 0.3 is 5.97 Å². The van der Waals surface area contributed by atoms with Crippen LogP contribution in [0.1, 0.15) is 18.9 Å². The summed E-state index contributed by atoms with van der Waals surface area (Å²) < 4.78 is 10.3. The lowest BCUT2D eigenvalue weighted by atomic mass is 10.2. The monoisotopic (exact) mass is 265 g/mol. The van der Waals surface area contributed by atoms with Crippen LogP contribution in [0.25, 0.3) is 0 Å². The Balaban J connectivity index is 2.27. The second-order valence-corrected chi connectivity index (χ2v) is 4.43. The van der Waals surface area contributed by atoms with Crippen LogP contribution >= 0.6 is 0 Å². The van der Waals surface area contributed by atoms with E-state index < -0.39 is 0 Å². The molecule has 4 heteroatoms. The van der Waals surface area contributed by atoms with Gasteiger partial charge in [-0.3, -0.25) is 9.69 Å². The molecule has 1 rings (SSSR count). The van der Waals surface area contributed by atoms with Crippen molar-refractivity contribution in [2.75, 3.05) is 33.4 Å². The van der Waals surface area contributed by atoms with E-state index in [1.54, 1.807) is 0 Å². The van der Waals surface area contributed by atoms with Gasteiger partial charge in [-0.15, -0.1) is 0 Å². The topological polar surface area (TPSA) is 38.8 Å². The molecule has 0 aliphatic heterocycles. The fourth-order valence-corrected chi connectivity index (χ4v) is 1.78. The van der Waals surface area contributed by atoms with Crippen LogP contribution in [-0.2, 0) is 9.53 Å². The second-order valence-electron chi connectivity index (χ2n) is 4.43. The van der Waals surface area contributed by atoms with Gasteiger partial charge in [0, 0.05) is 13.1 Å². The SMILES string of the molecule is CCN(CCOc1cccc(C)c1)CCC(=O)OC. The quantitative estimate of drug-likeness (QED) is 0.676. The van der Waals surface area contributed by atoms with Gasteiger partial charge in [-0.2, -0.15) is 0 Å². The highest BCUT2D eigenvalue weighted by atomic mass is 16.5. The maximum absolute atomic E-state index is 11.1. The van der Waals surface area contributed by atoms with Gasteiger partial charge in [0.25, 0.3) is 0 Å². The Bertz CT molecular complexity index is 393. The molecule has 0 saturated carbocycles. The first-order valence-electron chi connectivity index (χ1n) is 6.64. The van der Waals surface area contributed by atoms with Gasteiger partial charge in [0.15, 0.2) is 0 Å². The molecule has 0 saturated heterocycles. The van der Waals surface area contributed by atoms with E-state index in [1.165, 1.54) is 12.7 Å². The molecule has 0 amide bonds. The number of carbonyl (C=O) groups is 1. The van der Waals surface area contributed by atoms with Gasteiger partial charge in [-0.25, -0.2) is 0 Å². The summed E-state index contributed by atoms with van der Waals surface area (Å²) in [5, 5.41) is 0. The number of methoxy groups -OCH3 is 1. The fraction of sp³-hybridized carbons (Fsp3) is 0.533. The minimum Gasteiger partial charge on any atom is -0.492 e. The Morgan fingerprint density at radius 2 is 2.11 bits per heavy atom. The van der Waals surface area contributed by atoms with Crippen LogP contribution in [0, 0.1) is 6.92 Å². The lowest BCUT2D eigenvalue weighted by molar-refractivity contribution is -0.141. The van der Waals surface area contributed by atoms with Crippen LogP contribution in [0.4, 0.5) is 0 Å². The molecule has 1 aromatic rings. The number of nitrogens with zero attached hydrogens (tertiary/aromatic N) is 1. The van der Waals surface area contributed by atoms with Crippen molar-refractivity contribution in [3.05, 3.63) is 29.8 Å². The highest BCUT2D eigenvalue weighted by Crippen LogP contribution is 2.12. The molecule has 0 aliphatic rings. The van der Waals surface area contributed by atoms with Crippen molar-refractivity contribution < 1.29 is 14.3 Å². The summed E-state index contributed by atoms with van der Waals surface area (Å²) in [7, 11) is 1.42. The first-order valence-corrected chi connectivity index (χ1v) is 6.64. The third kappa shape index (κ3) is 6.25. The van der Waals surface area contributed by atoms with Gasteiger partial charge in [0.1, 0.15) is 12.4 Å². The molecule has 19 heavy (non-hydrogen) atoms. The molecule has 106 valence electrons. The number of rotatable bonds is 8. The minimum absolute atomic E-state index is 0.168. The molecule has 0 aliphatic carbocycles. The van der Waals surface area contributed by atoms with Crippen molar-refractivity contribution >= 4 is 5.97 Å². The maximum Gasteiger partial charge on any atom is 0.306 e. The summed E-state index contributed by atoms with van der Waals surface area (Å²) >= 11 is 0. The van der Waals surface area contributed by atoms with Gasteiger partial charge < -0.3 is 9.47 Å². The molecule has 0 spiro atoms. The Hall–Kier alpha value is -1.55. The number of esters is 1. The molecule has 1 aromatic carbocycles. The molecule has 4 nitrogen and oxygen atoms in total. The van der Waals surface area contributed by atoms with E-state index in [2.05, 4.69) is 16.6 Å². The Morgan fingerprint density at radius 1 is 1.32 bits per heavy atom. The third-order valence-electron chi connectivity index (χ3n) is 2.97. The van der Waals surface area contributed by atoms with Crippen LogP contribution < -0.4 is 4.74 Å². The van der Waals surface area contributed by atoms with Crippen LogP contribution in [-0.4, -0.2) is 44.2 Å². The highest BCUT2D eigenvalue weighted by Gasteiger charge is 2.06. The zero-order valence-corrected chi connectivity index (χ0v) is 12.0. The largest absolute Gasteiger partial charge is 0.492 e. The number of carbonyl (C=O) groups excluding carboxylic acids is 1. The molecule has 0 fully saturated rings. The van der Waals surface area contributed by atoms with Crippen molar-refractivity contribution in [3.8, 4) is 5.75 Å². The lowest BCUT2D eigenvalue weighted by Crippen LogP contribution is -2.30. The van der Waals surface area contributed by atoms with E-state index in [4.69, 9.17) is 4.74 Å². The number of hydrogen-bond acceptors (Lipinski definition) is 4. The summed E-state index contributed by atoms with van der Waals surface area (Å²) in [6.45, 7) is 7.15. The zero-order chi connectivity index (χ0) is 14.1. The maximum atomic E-state index is 11.1. The predicted octanol–water partition coefficient (Wildman–Crippen LogP) is 2.26. The number of likely N-dealkylation sites (N-methyl/N-ethyl adjacent to an activating group) is 1. The average molecular weight is 265 g/mol. The van der Waals surface area contributed by atoms with E-state index in [-0.39, 0.29) is 5.97 Å². The standard InChI is InChI=1S/C15H23NO3/c1-4-16(9-8-15(17)18-3)10-11-19-14-7-5-6-13(2)12-14/h5-7,12H,4,8-11H2,1-3H3. The zero-order valence-electron chi connectivity index (χ0n) is 12.0. The van der Waals surface area contributed by atoms with Crippen LogP contribution in [0.2, 0.25) is 0 Å². The molecule has 0 atom stereocenters. The van der Waals surface area contributed by atoms with Crippen molar-refractivity contribution in [3.63, 3.8) is 0 Å². The van der Waals surface area contributed by atoms with E-state index in [9.17, 15) is 4.79 Å². The van der Waals surface area contributed by atoms with Crippen molar-refractivity contribution in [2.24, 2.45) is 0 Å². The Morgan fingerprint density at radius 3 is 2.74 bits per heavy atom. The van der Waals surface area contributed by atoms with Gasteiger partial charge in [-0.1, -0.05) is 19.1 Å². The van der Waals surface area contributed by atoms with Gasteiger partial charge in [0.05, 0.1) is 13.5 Å². The lowest BCUT2D eigenvalue weighted by Gasteiger charge is -2.19. The molecule has 0 N–H and O–H groups in total. The number of hydrogen-bond donors (Lipinski definition) is 0. The molecular formula is C15H23NO3. The van der Waals surface area contributed by atoms with E-state index in [0.29, 0.717) is 19.6 Å². The van der Waals surface area contributed by atoms with Crippen LogP contribution in [0.15, 0.2) is 24.3 Å².